The van der Waals surface area contributed by atoms with Crippen LogP contribution in [0.4, 0.5) is 0 Å². The highest BCUT2D eigenvalue weighted by atomic mass is 79.9. The maximum absolute atomic E-state index is 13.0. The van der Waals surface area contributed by atoms with Gasteiger partial charge in [0.05, 0.1) is 11.8 Å². The summed E-state index contributed by atoms with van der Waals surface area (Å²) in [6, 6.07) is 8.03. The average molecular weight is 390 g/mol. The number of carbonyl (C=O) groups excluding carboxylic acids is 1. The zero-order valence-electron chi connectivity index (χ0n) is 13.6. The van der Waals surface area contributed by atoms with Crippen LogP contribution in [0.5, 0.6) is 0 Å². The zero-order chi connectivity index (χ0) is 16.8. The highest BCUT2D eigenvalue weighted by molar-refractivity contribution is 9.10. The first-order chi connectivity index (χ1) is 11.5. The minimum atomic E-state index is -0.427. The summed E-state index contributed by atoms with van der Waals surface area (Å²) in [4.78, 5) is 14.8. The van der Waals surface area contributed by atoms with E-state index in [9.17, 15) is 9.90 Å². The Morgan fingerprint density at radius 2 is 2.21 bits per heavy atom. The Bertz CT molecular complexity index is 802. The van der Waals surface area contributed by atoms with Gasteiger partial charge in [-0.05, 0) is 50.8 Å². The number of fused-ring (bicyclic) bond motifs is 1. The van der Waals surface area contributed by atoms with Gasteiger partial charge in [-0.25, -0.2) is 4.68 Å². The molecule has 1 aromatic carbocycles. The van der Waals surface area contributed by atoms with E-state index in [0.717, 1.165) is 40.7 Å². The number of hydrogen-bond donors (Lipinski definition) is 1. The topological polar surface area (TPSA) is 58.4 Å². The Morgan fingerprint density at radius 3 is 2.92 bits per heavy atom. The van der Waals surface area contributed by atoms with E-state index in [1.165, 1.54) is 0 Å². The molecule has 1 fully saturated rings. The molecule has 1 aliphatic heterocycles. The van der Waals surface area contributed by atoms with E-state index in [2.05, 4.69) is 21.0 Å². The summed E-state index contributed by atoms with van der Waals surface area (Å²) in [6.07, 6.45) is 3.11. The third-order valence-corrected chi connectivity index (χ3v) is 5.49. The molecule has 0 bridgehead atoms. The number of benzene rings is 1. The Kier molecular flexibility index (Phi) is 3.96. The number of hydrogen-bond acceptors (Lipinski definition) is 3. The number of halogens is 1. The normalized spacial score (nSPS) is 22.9. The van der Waals surface area contributed by atoms with Crippen LogP contribution in [0.3, 0.4) is 0 Å². The second kappa shape index (κ2) is 6.01. The summed E-state index contributed by atoms with van der Waals surface area (Å²) >= 11 is 3.50. The highest BCUT2D eigenvalue weighted by Crippen LogP contribution is 2.30. The summed E-state index contributed by atoms with van der Waals surface area (Å²) < 4.78 is 2.91. The van der Waals surface area contributed by atoms with E-state index in [1.807, 2.05) is 35.9 Å². The first-order valence-electron chi connectivity index (χ1n) is 8.40. The molecule has 24 heavy (non-hydrogen) atoms. The number of β-amino-alcohol motifs (C(OH)–C–C–N with tert-alkyl or cyclic N) is 1. The van der Waals surface area contributed by atoms with Gasteiger partial charge >= 0.3 is 0 Å². The predicted octanol–water partition coefficient (Wildman–Crippen LogP) is 2.72. The lowest BCUT2D eigenvalue weighted by molar-refractivity contribution is 0.0718. The number of likely N-dealkylation sites (tertiary alicyclic amines) is 1. The van der Waals surface area contributed by atoms with Crippen LogP contribution in [-0.4, -0.2) is 44.4 Å². The molecule has 1 aromatic heterocycles. The first kappa shape index (κ1) is 15.8. The van der Waals surface area contributed by atoms with Crippen molar-refractivity contribution in [3.05, 3.63) is 45.7 Å². The Balaban J connectivity index is 1.75. The van der Waals surface area contributed by atoms with Crippen molar-refractivity contribution in [2.24, 2.45) is 0 Å². The van der Waals surface area contributed by atoms with Crippen LogP contribution in [0.25, 0.3) is 5.69 Å². The minimum absolute atomic E-state index is 0.0500. The lowest BCUT2D eigenvalue weighted by atomic mass is 10.1. The van der Waals surface area contributed by atoms with E-state index in [0.29, 0.717) is 18.7 Å². The third kappa shape index (κ3) is 2.58. The lowest BCUT2D eigenvalue weighted by Crippen LogP contribution is -2.35. The van der Waals surface area contributed by atoms with Crippen LogP contribution in [-0.2, 0) is 12.8 Å². The van der Waals surface area contributed by atoms with Gasteiger partial charge in [0.25, 0.3) is 5.91 Å². The Morgan fingerprint density at radius 1 is 1.38 bits per heavy atom. The highest BCUT2D eigenvalue weighted by Gasteiger charge is 2.36. The number of aliphatic hydroxyl groups excluding tert-OH is 1. The number of aromatic nitrogens is 2. The van der Waals surface area contributed by atoms with Gasteiger partial charge < -0.3 is 10.0 Å². The van der Waals surface area contributed by atoms with Crippen molar-refractivity contribution < 1.29 is 9.90 Å². The molecule has 1 N–H and O–H groups in total. The summed E-state index contributed by atoms with van der Waals surface area (Å²) in [5.74, 6) is -0.0500. The molecular weight excluding hydrogens is 370 g/mol. The molecule has 126 valence electrons. The van der Waals surface area contributed by atoms with Crippen molar-refractivity contribution in [2.45, 2.75) is 44.8 Å². The van der Waals surface area contributed by atoms with Crippen molar-refractivity contribution in [2.75, 3.05) is 6.54 Å². The number of amides is 1. The number of aliphatic hydroxyl groups is 1. The van der Waals surface area contributed by atoms with Crippen molar-refractivity contribution >= 4 is 21.8 Å². The van der Waals surface area contributed by atoms with Crippen LogP contribution in [0.1, 0.15) is 41.5 Å². The van der Waals surface area contributed by atoms with Gasteiger partial charge in [-0.2, -0.15) is 5.10 Å². The molecule has 0 saturated carbocycles. The van der Waals surface area contributed by atoms with Crippen LogP contribution in [0.2, 0.25) is 0 Å². The minimum Gasteiger partial charge on any atom is -0.391 e. The number of nitrogens with zero attached hydrogens (tertiary/aromatic N) is 3. The van der Waals surface area contributed by atoms with E-state index in [1.54, 1.807) is 4.90 Å². The van der Waals surface area contributed by atoms with Gasteiger partial charge in [0, 0.05) is 28.3 Å². The smallest absolute Gasteiger partial charge is 0.274 e. The van der Waals surface area contributed by atoms with Crippen molar-refractivity contribution in [1.29, 1.82) is 0 Å². The quantitative estimate of drug-likeness (QED) is 0.858. The standard InChI is InChI=1S/C18H20BrN3O2/c1-11-8-14(23)10-21(11)18(24)17-15-6-3-7-16(15)22(20-17)13-5-2-4-12(19)9-13/h2,4-5,9,11,14,23H,3,6-8,10H2,1H3. The van der Waals surface area contributed by atoms with Gasteiger partial charge in [0.1, 0.15) is 0 Å². The van der Waals surface area contributed by atoms with Gasteiger partial charge in [-0.15, -0.1) is 0 Å². The molecule has 0 radical (unpaired) electrons. The molecule has 5 nitrogen and oxygen atoms in total. The van der Waals surface area contributed by atoms with Crippen LogP contribution < -0.4 is 0 Å². The summed E-state index contributed by atoms with van der Waals surface area (Å²) in [7, 11) is 0. The maximum atomic E-state index is 13.0. The summed E-state index contributed by atoms with van der Waals surface area (Å²) in [5, 5.41) is 14.5. The second-order valence-electron chi connectivity index (χ2n) is 6.72. The number of carbonyl (C=O) groups is 1. The van der Waals surface area contributed by atoms with Gasteiger partial charge in [-0.3, -0.25) is 4.79 Å². The number of rotatable bonds is 2. The average Bonchev–Trinajstić information content (AvgIpc) is 3.21. The molecule has 0 spiro atoms. The predicted molar refractivity (Wildman–Crippen MR) is 94.4 cm³/mol. The third-order valence-electron chi connectivity index (χ3n) is 5.00. The molecule has 2 aromatic rings. The molecule has 2 heterocycles. The first-order valence-corrected chi connectivity index (χ1v) is 9.19. The van der Waals surface area contributed by atoms with E-state index >= 15 is 0 Å². The molecule has 1 saturated heterocycles. The molecule has 2 aliphatic rings. The molecule has 2 unspecified atom stereocenters. The molecule has 2 atom stereocenters. The Hall–Kier alpha value is -1.66. The monoisotopic (exact) mass is 389 g/mol. The van der Waals surface area contributed by atoms with E-state index in [4.69, 9.17) is 0 Å². The van der Waals surface area contributed by atoms with Crippen LogP contribution in [0.15, 0.2) is 28.7 Å². The summed E-state index contributed by atoms with van der Waals surface area (Å²) in [5.41, 5.74) is 3.75. The fraction of sp³-hybridized carbons (Fsp3) is 0.444. The maximum Gasteiger partial charge on any atom is 0.274 e. The lowest BCUT2D eigenvalue weighted by Gasteiger charge is -2.20. The molecule has 6 heteroatoms. The van der Waals surface area contributed by atoms with Crippen LogP contribution in [0, 0.1) is 0 Å². The van der Waals surface area contributed by atoms with E-state index in [-0.39, 0.29) is 11.9 Å². The SMILES string of the molecule is CC1CC(O)CN1C(=O)c1nn(-c2cccc(Br)c2)c2c1CCC2. The fourth-order valence-corrected chi connectivity index (χ4v) is 4.24. The van der Waals surface area contributed by atoms with Crippen LogP contribution >= 0.6 is 15.9 Å². The van der Waals surface area contributed by atoms with E-state index < -0.39 is 6.10 Å². The molecule has 1 aliphatic carbocycles. The van der Waals surface area contributed by atoms with Gasteiger partial charge in [0.15, 0.2) is 5.69 Å². The molecular formula is C18H20BrN3O2. The molecule has 1 amide bonds. The Labute approximate surface area is 149 Å². The van der Waals surface area contributed by atoms with Crippen molar-refractivity contribution in [3.63, 3.8) is 0 Å². The zero-order valence-corrected chi connectivity index (χ0v) is 15.2. The molecule has 4 rings (SSSR count). The van der Waals surface area contributed by atoms with Gasteiger partial charge in [-0.1, -0.05) is 22.0 Å². The fourth-order valence-electron chi connectivity index (χ4n) is 3.85. The van der Waals surface area contributed by atoms with Crippen molar-refractivity contribution in [3.8, 4) is 5.69 Å². The largest absolute Gasteiger partial charge is 0.391 e. The second-order valence-corrected chi connectivity index (χ2v) is 7.63. The summed E-state index contributed by atoms with van der Waals surface area (Å²) in [6.45, 7) is 2.39. The van der Waals surface area contributed by atoms with Crippen molar-refractivity contribution in [1.82, 2.24) is 14.7 Å². The van der Waals surface area contributed by atoms with Gasteiger partial charge in [0.2, 0.25) is 0 Å².